The van der Waals surface area contributed by atoms with Crippen molar-refractivity contribution in [3.05, 3.63) is 34.5 Å². The first-order valence-corrected chi connectivity index (χ1v) is 8.43. The maximum absolute atomic E-state index is 14.2. The predicted molar refractivity (Wildman–Crippen MR) is 89.0 cm³/mol. The smallest absolute Gasteiger partial charge is 0.264 e. The summed E-state index contributed by atoms with van der Waals surface area (Å²) in [5, 5.41) is 0.518. The van der Waals surface area contributed by atoms with Gasteiger partial charge in [-0.25, -0.2) is 4.39 Å². The molecule has 0 N–H and O–H groups in total. The number of halogens is 1. The summed E-state index contributed by atoms with van der Waals surface area (Å²) >= 11 is 1.35. The quantitative estimate of drug-likeness (QED) is 0.753. The second-order valence-electron chi connectivity index (χ2n) is 5.19. The van der Waals surface area contributed by atoms with Gasteiger partial charge >= 0.3 is 0 Å². The molecule has 1 aromatic carbocycles. The van der Waals surface area contributed by atoms with E-state index in [9.17, 15) is 9.18 Å². The van der Waals surface area contributed by atoms with Gasteiger partial charge in [0, 0.05) is 35.8 Å². The number of amides is 1. The van der Waals surface area contributed by atoms with E-state index in [2.05, 4.69) is 6.92 Å². The highest BCUT2D eigenvalue weighted by Gasteiger charge is 2.23. The van der Waals surface area contributed by atoms with Crippen LogP contribution in [0.2, 0.25) is 0 Å². The van der Waals surface area contributed by atoms with Gasteiger partial charge in [-0.2, -0.15) is 0 Å². The number of nitrogens with zero attached hydrogens (tertiary/aromatic N) is 1. The van der Waals surface area contributed by atoms with E-state index in [1.807, 2.05) is 17.9 Å². The summed E-state index contributed by atoms with van der Waals surface area (Å²) in [6.07, 6.45) is 2.01. The SMILES string of the molecule is CCCCN(CC)C(=O)c1sc2cccc(F)c2c1COC. The first kappa shape index (κ1) is 16.9. The number of fused-ring (bicyclic) bond motifs is 1. The monoisotopic (exact) mass is 323 g/mol. The molecule has 0 spiro atoms. The Labute approximate surface area is 134 Å². The molecule has 0 bridgehead atoms. The van der Waals surface area contributed by atoms with Gasteiger partial charge in [0.15, 0.2) is 0 Å². The van der Waals surface area contributed by atoms with E-state index in [1.165, 1.54) is 17.4 Å². The van der Waals surface area contributed by atoms with Crippen molar-refractivity contribution in [3.8, 4) is 0 Å². The number of carbonyl (C=O) groups is 1. The van der Waals surface area contributed by atoms with Gasteiger partial charge in [-0.05, 0) is 25.5 Å². The zero-order valence-corrected chi connectivity index (χ0v) is 14.1. The van der Waals surface area contributed by atoms with E-state index in [0.717, 1.165) is 24.1 Å². The predicted octanol–water partition coefficient (Wildman–Crippen LogP) is 4.45. The van der Waals surface area contributed by atoms with E-state index in [-0.39, 0.29) is 18.3 Å². The number of unbranched alkanes of at least 4 members (excludes halogenated alkanes) is 1. The molecule has 0 aliphatic carbocycles. The number of thiophene rings is 1. The number of rotatable bonds is 7. The van der Waals surface area contributed by atoms with Crippen LogP contribution >= 0.6 is 11.3 Å². The molecule has 2 aromatic rings. The van der Waals surface area contributed by atoms with Crippen LogP contribution in [0.4, 0.5) is 4.39 Å². The van der Waals surface area contributed by atoms with Crippen LogP contribution in [-0.2, 0) is 11.3 Å². The fourth-order valence-corrected chi connectivity index (χ4v) is 3.71. The van der Waals surface area contributed by atoms with Crippen LogP contribution in [0.1, 0.15) is 41.9 Å². The molecule has 1 heterocycles. The van der Waals surface area contributed by atoms with Crippen molar-refractivity contribution in [2.75, 3.05) is 20.2 Å². The second-order valence-corrected chi connectivity index (χ2v) is 6.25. The Balaban J connectivity index is 2.47. The molecule has 0 fully saturated rings. The first-order chi connectivity index (χ1) is 10.6. The molecule has 0 aliphatic heterocycles. The lowest BCUT2D eigenvalue weighted by atomic mass is 10.1. The molecule has 22 heavy (non-hydrogen) atoms. The van der Waals surface area contributed by atoms with Gasteiger partial charge in [0.25, 0.3) is 5.91 Å². The third-order valence-corrected chi connectivity index (χ3v) is 4.88. The molecule has 120 valence electrons. The maximum Gasteiger partial charge on any atom is 0.264 e. The number of ether oxygens (including phenoxy) is 1. The third kappa shape index (κ3) is 3.31. The number of benzene rings is 1. The lowest BCUT2D eigenvalue weighted by Gasteiger charge is -2.20. The van der Waals surface area contributed by atoms with Crippen molar-refractivity contribution in [1.82, 2.24) is 4.90 Å². The van der Waals surface area contributed by atoms with Crippen LogP contribution in [-0.4, -0.2) is 31.0 Å². The largest absolute Gasteiger partial charge is 0.380 e. The molecule has 0 saturated heterocycles. The first-order valence-electron chi connectivity index (χ1n) is 7.62. The van der Waals surface area contributed by atoms with Gasteiger partial charge in [0.05, 0.1) is 11.5 Å². The number of carbonyl (C=O) groups excluding carboxylic acids is 1. The highest BCUT2D eigenvalue weighted by Crippen LogP contribution is 2.34. The Morgan fingerprint density at radius 2 is 2.14 bits per heavy atom. The lowest BCUT2D eigenvalue weighted by Crippen LogP contribution is -2.31. The highest BCUT2D eigenvalue weighted by molar-refractivity contribution is 7.21. The molecule has 0 unspecified atom stereocenters. The molecule has 5 heteroatoms. The standard InChI is InChI=1S/C17H22FNO2S/c1-4-6-10-19(5-2)17(20)16-12(11-21-3)15-13(18)8-7-9-14(15)22-16/h7-9H,4-6,10-11H2,1-3H3. The summed E-state index contributed by atoms with van der Waals surface area (Å²) < 4.78 is 20.2. The number of hydrogen-bond donors (Lipinski definition) is 0. The topological polar surface area (TPSA) is 29.5 Å². The molecule has 0 aliphatic rings. The van der Waals surface area contributed by atoms with Crippen molar-refractivity contribution >= 4 is 27.3 Å². The van der Waals surface area contributed by atoms with Gasteiger partial charge < -0.3 is 9.64 Å². The van der Waals surface area contributed by atoms with E-state index in [4.69, 9.17) is 4.74 Å². The van der Waals surface area contributed by atoms with Crippen molar-refractivity contribution < 1.29 is 13.9 Å². The minimum absolute atomic E-state index is 0.0244. The van der Waals surface area contributed by atoms with Crippen LogP contribution in [0, 0.1) is 5.82 Å². The molecule has 3 nitrogen and oxygen atoms in total. The highest BCUT2D eigenvalue weighted by atomic mass is 32.1. The normalized spacial score (nSPS) is 11.1. The summed E-state index contributed by atoms with van der Waals surface area (Å²) in [6, 6.07) is 4.95. The van der Waals surface area contributed by atoms with E-state index in [1.54, 1.807) is 13.2 Å². The molecule has 1 aromatic heterocycles. The van der Waals surface area contributed by atoms with Crippen LogP contribution in [0.15, 0.2) is 18.2 Å². The lowest BCUT2D eigenvalue weighted by molar-refractivity contribution is 0.0763. The summed E-state index contributed by atoms with van der Waals surface area (Å²) in [7, 11) is 1.56. The van der Waals surface area contributed by atoms with Crippen LogP contribution in [0.25, 0.3) is 10.1 Å². The number of methoxy groups -OCH3 is 1. The van der Waals surface area contributed by atoms with Gasteiger partial charge in [0.2, 0.25) is 0 Å². The maximum atomic E-state index is 14.2. The van der Waals surface area contributed by atoms with Gasteiger partial charge in [-0.1, -0.05) is 19.4 Å². The van der Waals surface area contributed by atoms with Crippen molar-refractivity contribution in [2.24, 2.45) is 0 Å². The third-order valence-electron chi connectivity index (χ3n) is 3.70. The summed E-state index contributed by atoms with van der Waals surface area (Å²) in [4.78, 5) is 15.2. The summed E-state index contributed by atoms with van der Waals surface area (Å²) in [5.74, 6) is -0.319. The molecular formula is C17H22FNO2S. The van der Waals surface area contributed by atoms with E-state index < -0.39 is 0 Å². The van der Waals surface area contributed by atoms with Crippen LogP contribution in [0.5, 0.6) is 0 Å². The minimum atomic E-state index is -0.295. The Morgan fingerprint density at radius 3 is 2.77 bits per heavy atom. The second kappa shape index (κ2) is 7.70. The summed E-state index contributed by atoms with van der Waals surface area (Å²) in [6.45, 7) is 5.70. The van der Waals surface area contributed by atoms with E-state index in [0.29, 0.717) is 22.4 Å². The Bertz CT molecular complexity index is 653. The van der Waals surface area contributed by atoms with E-state index >= 15 is 0 Å². The van der Waals surface area contributed by atoms with Crippen LogP contribution in [0.3, 0.4) is 0 Å². The zero-order valence-electron chi connectivity index (χ0n) is 13.3. The molecule has 0 saturated carbocycles. The minimum Gasteiger partial charge on any atom is -0.380 e. The van der Waals surface area contributed by atoms with Gasteiger partial charge in [0.1, 0.15) is 5.82 Å². The molecule has 2 rings (SSSR count). The Kier molecular flexibility index (Phi) is 5.91. The van der Waals surface area contributed by atoms with Gasteiger partial charge in [-0.15, -0.1) is 11.3 Å². The molecule has 0 radical (unpaired) electrons. The average molecular weight is 323 g/mol. The van der Waals surface area contributed by atoms with Crippen molar-refractivity contribution in [3.63, 3.8) is 0 Å². The average Bonchev–Trinajstić information content (AvgIpc) is 2.88. The molecular weight excluding hydrogens is 301 g/mol. The van der Waals surface area contributed by atoms with Crippen molar-refractivity contribution in [1.29, 1.82) is 0 Å². The fraction of sp³-hybridized carbons (Fsp3) is 0.471. The summed E-state index contributed by atoms with van der Waals surface area (Å²) in [5.41, 5.74) is 0.667. The van der Waals surface area contributed by atoms with Crippen LogP contribution < -0.4 is 0 Å². The number of hydrogen-bond acceptors (Lipinski definition) is 3. The Morgan fingerprint density at radius 1 is 1.36 bits per heavy atom. The zero-order chi connectivity index (χ0) is 16.1. The van der Waals surface area contributed by atoms with Gasteiger partial charge in [-0.3, -0.25) is 4.79 Å². The molecule has 0 atom stereocenters. The molecule has 1 amide bonds. The fourth-order valence-electron chi connectivity index (χ4n) is 2.52. The van der Waals surface area contributed by atoms with Crippen molar-refractivity contribution in [2.45, 2.75) is 33.3 Å². The Hall–Kier alpha value is -1.46.